The molecule has 142 valence electrons. The van der Waals surface area contributed by atoms with Crippen molar-refractivity contribution in [2.75, 3.05) is 13.7 Å². The second kappa shape index (κ2) is 9.06. The van der Waals surface area contributed by atoms with Crippen molar-refractivity contribution in [3.05, 3.63) is 29.8 Å². The highest BCUT2D eigenvalue weighted by Gasteiger charge is 2.31. The summed E-state index contributed by atoms with van der Waals surface area (Å²) in [5.41, 5.74) is 1.03. The Labute approximate surface area is 156 Å². The molecule has 1 aliphatic carbocycles. The zero-order valence-electron chi connectivity index (χ0n) is 15.7. The number of nitrogens with one attached hydrogen (secondary N) is 1. The molecule has 0 unspecified atom stereocenters. The molecular formula is C21H30N2O3. The van der Waals surface area contributed by atoms with Crippen LogP contribution in [-0.4, -0.2) is 36.4 Å². The van der Waals surface area contributed by atoms with Gasteiger partial charge < -0.3 is 15.0 Å². The first kappa shape index (κ1) is 18.7. The van der Waals surface area contributed by atoms with Gasteiger partial charge in [-0.05, 0) is 37.0 Å². The number of hydrogen-bond donors (Lipinski definition) is 1. The molecule has 1 atom stereocenters. The van der Waals surface area contributed by atoms with Crippen LogP contribution in [0.1, 0.15) is 56.9 Å². The fourth-order valence-corrected chi connectivity index (χ4v) is 4.02. The lowest BCUT2D eigenvalue weighted by molar-refractivity contribution is -0.139. The summed E-state index contributed by atoms with van der Waals surface area (Å²) in [6.07, 6.45) is 8.25. The van der Waals surface area contributed by atoms with Crippen molar-refractivity contribution in [1.29, 1.82) is 0 Å². The number of carbonyl (C=O) groups excluding carboxylic acids is 2. The molecular weight excluding hydrogens is 328 g/mol. The molecule has 5 heteroatoms. The number of piperidine rings is 1. The van der Waals surface area contributed by atoms with Crippen molar-refractivity contribution in [3.8, 4) is 5.75 Å². The van der Waals surface area contributed by atoms with E-state index in [9.17, 15) is 9.59 Å². The van der Waals surface area contributed by atoms with E-state index in [4.69, 9.17) is 4.74 Å². The number of carbonyl (C=O) groups is 2. The number of hydrogen-bond acceptors (Lipinski definition) is 3. The molecule has 26 heavy (non-hydrogen) atoms. The quantitative estimate of drug-likeness (QED) is 0.822. The Balaban J connectivity index is 1.58. The Bertz CT molecular complexity index is 623. The van der Waals surface area contributed by atoms with Crippen LogP contribution in [-0.2, 0) is 16.1 Å². The van der Waals surface area contributed by atoms with E-state index in [1.165, 1.54) is 25.7 Å². The first-order valence-corrected chi connectivity index (χ1v) is 9.87. The summed E-state index contributed by atoms with van der Waals surface area (Å²) in [5, 5.41) is 3.25. The summed E-state index contributed by atoms with van der Waals surface area (Å²) >= 11 is 0. The third kappa shape index (κ3) is 4.99. The van der Waals surface area contributed by atoms with Crippen LogP contribution in [0.15, 0.2) is 24.3 Å². The summed E-state index contributed by atoms with van der Waals surface area (Å²) in [5.74, 6) is 0.947. The minimum atomic E-state index is -0.0958. The second-order valence-corrected chi connectivity index (χ2v) is 7.56. The van der Waals surface area contributed by atoms with Gasteiger partial charge in [-0.25, -0.2) is 0 Å². The molecule has 1 aromatic rings. The van der Waals surface area contributed by atoms with Crippen LogP contribution in [0.3, 0.4) is 0 Å². The topological polar surface area (TPSA) is 58.6 Å². The molecule has 0 bridgehead atoms. The normalized spacial score (nSPS) is 22.0. The molecule has 1 aromatic carbocycles. The minimum Gasteiger partial charge on any atom is -0.497 e. The van der Waals surface area contributed by atoms with Crippen LogP contribution in [0.25, 0.3) is 0 Å². The Hall–Kier alpha value is -2.04. The third-order valence-electron chi connectivity index (χ3n) is 5.58. The van der Waals surface area contributed by atoms with E-state index in [0.717, 1.165) is 24.2 Å². The molecule has 1 N–H and O–H groups in total. The van der Waals surface area contributed by atoms with Crippen molar-refractivity contribution in [2.24, 2.45) is 5.92 Å². The van der Waals surface area contributed by atoms with Gasteiger partial charge in [0.1, 0.15) is 5.75 Å². The molecule has 1 saturated heterocycles. The Kier molecular flexibility index (Phi) is 6.53. The maximum Gasteiger partial charge on any atom is 0.225 e. The highest BCUT2D eigenvalue weighted by Crippen LogP contribution is 2.23. The SMILES string of the molecule is COc1cccc(CN2C[C@H](C(=O)NC3CCCCCC3)CCC2=O)c1. The van der Waals surface area contributed by atoms with E-state index in [2.05, 4.69) is 5.32 Å². The fourth-order valence-electron chi connectivity index (χ4n) is 4.02. The molecule has 0 aromatic heterocycles. The molecule has 0 spiro atoms. The van der Waals surface area contributed by atoms with E-state index in [1.54, 1.807) is 7.11 Å². The lowest BCUT2D eigenvalue weighted by atomic mass is 9.95. The van der Waals surface area contributed by atoms with E-state index in [0.29, 0.717) is 32.0 Å². The number of amides is 2. The highest BCUT2D eigenvalue weighted by atomic mass is 16.5. The van der Waals surface area contributed by atoms with Crippen LogP contribution < -0.4 is 10.1 Å². The van der Waals surface area contributed by atoms with Crippen LogP contribution in [0.5, 0.6) is 5.75 Å². The van der Waals surface area contributed by atoms with Gasteiger partial charge in [-0.1, -0.05) is 37.8 Å². The van der Waals surface area contributed by atoms with Gasteiger partial charge in [-0.15, -0.1) is 0 Å². The van der Waals surface area contributed by atoms with Crippen LogP contribution in [0.4, 0.5) is 0 Å². The summed E-state index contributed by atoms with van der Waals surface area (Å²) in [6.45, 7) is 1.04. The number of rotatable bonds is 5. The van der Waals surface area contributed by atoms with Gasteiger partial charge in [0.2, 0.25) is 11.8 Å². The highest BCUT2D eigenvalue weighted by molar-refractivity contribution is 5.84. The van der Waals surface area contributed by atoms with Gasteiger partial charge in [0.05, 0.1) is 13.0 Å². The maximum atomic E-state index is 12.7. The van der Waals surface area contributed by atoms with Gasteiger partial charge in [0, 0.05) is 25.6 Å². The molecule has 1 aliphatic heterocycles. The Morgan fingerprint density at radius 1 is 1.19 bits per heavy atom. The standard InChI is InChI=1S/C21H30N2O3/c1-26-19-10-6-7-16(13-19)14-23-15-17(11-12-20(23)24)21(25)22-18-8-4-2-3-5-9-18/h6-7,10,13,17-18H,2-5,8-9,11-12,14-15H2,1H3,(H,22,25)/t17-/m1/s1. The maximum absolute atomic E-state index is 12.7. The smallest absolute Gasteiger partial charge is 0.225 e. The number of nitrogens with zero attached hydrogens (tertiary/aromatic N) is 1. The molecule has 2 amide bonds. The van der Waals surface area contributed by atoms with Crippen molar-refractivity contribution >= 4 is 11.8 Å². The van der Waals surface area contributed by atoms with Crippen LogP contribution in [0, 0.1) is 5.92 Å². The lowest BCUT2D eigenvalue weighted by Crippen LogP contribution is -2.47. The Morgan fingerprint density at radius 2 is 1.96 bits per heavy atom. The monoisotopic (exact) mass is 358 g/mol. The van der Waals surface area contributed by atoms with E-state index in [1.807, 2.05) is 29.2 Å². The molecule has 5 nitrogen and oxygen atoms in total. The predicted octanol–water partition coefficient (Wildman–Crippen LogP) is 3.27. The van der Waals surface area contributed by atoms with Gasteiger partial charge in [0.15, 0.2) is 0 Å². The summed E-state index contributed by atoms with van der Waals surface area (Å²) in [4.78, 5) is 26.8. The zero-order chi connectivity index (χ0) is 18.4. The minimum absolute atomic E-state index is 0.0958. The fraction of sp³-hybridized carbons (Fsp3) is 0.619. The molecule has 2 fully saturated rings. The average Bonchev–Trinajstić information content (AvgIpc) is 2.92. The summed E-state index contributed by atoms with van der Waals surface area (Å²) in [6, 6.07) is 8.08. The van der Waals surface area contributed by atoms with Crippen molar-refractivity contribution in [3.63, 3.8) is 0 Å². The number of likely N-dealkylation sites (tertiary alicyclic amines) is 1. The van der Waals surface area contributed by atoms with Crippen molar-refractivity contribution in [2.45, 2.75) is 64.0 Å². The van der Waals surface area contributed by atoms with Crippen molar-refractivity contribution < 1.29 is 14.3 Å². The van der Waals surface area contributed by atoms with E-state index in [-0.39, 0.29) is 17.7 Å². The second-order valence-electron chi connectivity index (χ2n) is 7.56. The molecule has 0 radical (unpaired) electrons. The first-order valence-electron chi connectivity index (χ1n) is 9.87. The number of methoxy groups -OCH3 is 1. The van der Waals surface area contributed by atoms with Gasteiger partial charge in [-0.2, -0.15) is 0 Å². The van der Waals surface area contributed by atoms with Crippen LogP contribution in [0.2, 0.25) is 0 Å². The van der Waals surface area contributed by atoms with Gasteiger partial charge in [0.25, 0.3) is 0 Å². The van der Waals surface area contributed by atoms with E-state index >= 15 is 0 Å². The number of benzene rings is 1. The average molecular weight is 358 g/mol. The molecule has 3 rings (SSSR count). The van der Waals surface area contributed by atoms with Gasteiger partial charge in [-0.3, -0.25) is 9.59 Å². The first-order chi connectivity index (χ1) is 12.7. The largest absolute Gasteiger partial charge is 0.497 e. The van der Waals surface area contributed by atoms with Gasteiger partial charge >= 0.3 is 0 Å². The van der Waals surface area contributed by atoms with Crippen molar-refractivity contribution in [1.82, 2.24) is 10.2 Å². The number of ether oxygens (including phenoxy) is 1. The van der Waals surface area contributed by atoms with Crippen LogP contribution >= 0.6 is 0 Å². The summed E-state index contributed by atoms with van der Waals surface area (Å²) in [7, 11) is 1.64. The molecule has 1 heterocycles. The summed E-state index contributed by atoms with van der Waals surface area (Å²) < 4.78 is 5.26. The third-order valence-corrected chi connectivity index (χ3v) is 5.58. The zero-order valence-corrected chi connectivity index (χ0v) is 15.7. The van der Waals surface area contributed by atoms with E-state index < -0.39 is 0 Å². The molecule has 1 saturated carbocycles. The predicted molar refractivity (Wildman–Crippen MR) is 101 cm³/mol. The Morgan fingerprint density at radius 3 is 2.69 bits per heavy atom. The molecule has 2 aliphatic rings. The lowest BCUT2D eigenvalue weighted by Gasteiger charge is -2.33.